The number of rotatable bonds is 3. The molecule has 0 radical (unpaired) electrons. The maximum atomic E-state index is 5.89. The summed E-state index contributed by atoms with van der Waals surface area (Å²) in [6.45, 7) is 0.499. The maximum Gasteiger partial charge on any atom is 0.201 e. The van der Waals surface area contributed by atoms with E-state index >= 15 is 0 Å². The van der Waals surface area contributed by atoms with E-state index in [-0.39, 0.29) is 0 Å². The highest BCUT2D eigenvalue weighted by molar-refractivity contribution is 7.99. The van der Waals surface area contributed by atoms with Crippen LogP contribution in [0.25, 0.3) is 5.65 Å². The van der Waals surface area contributed by atoms with Crippen LogP contribution in [0.1, 0.15) is 23.2 Å². The van der Waals surface area contributed by atoms with Crippen LogP contribution in [0.3, 0.4) is 0 Å². The SMILES string of the molecule is NCc1cc2c(nc1Sc1nnc3ccccn13)CCC2. The third kappa shape index (κ3) is 2.20. The van der Waals surface area contributed by atoms with E-state index in [1.165, 1.54) is 29.4 Å². The average Bonchev–Trinajstić information content (AvgIpc) is 3.13. The molecule has 3 aromatic heterocycles. The van der Waals surface area contributed by atoms with Gasteiger partial charge in [0.05, 0.1) is 0 Å². The molecule has 0 aromatic carbocycles. The lowest BCUT2D eigenvalue weighted by atomic mass is 10.1. The molecule has 0 spiro atoms. The molecule has 0 fully saturated rings. The zero-order valence-electron chi connectivity index (χ0n) is 11.5. The lowest BCUT2D eigenvalue weighted by molar-refractivity contribution is 0.876. The Kier molecular flexibility index (Phi) is 3.12. The van der Waals surface area contributed by atoms with Crippen LogP contribution in [0, 0.1) is 0 Å². The van der Waals surface area contributed by atoms with Gasteiger partial charge < -0.3 is 5.73 Å². The molecule has 3 heterocycles. The van der Waals surface area contributed by atoms with Crippen molar-refractivity contribution >= 4 is 17.4 Å². The van der Waals surface area contributed by atoms with Crippen molar-refractivity contribution in [3.63, 3.8) is 0 Å². The van der Waals surface area contributed by atoms with Gasteiger partial charge in [0.25, 0.3) is 0 Å². The van der Waals surface area contributed by atoms with Gasteiger partial charge in [-0.25, -0.2) is 4.98 Å². The first kappa shape index (κ1) is 12.8. The Labute approximate surface area is 126 Å². The van der Waals surface area contributed by atoms with Gasteiger partial charge in [-0.2, -0.15) is 0 Å². The molecule has 1 aliphatic rings. The Balaban J connectivity index is 1.77. The van der Waals surface area contributed by atoms with Gasteiger partial charge in [0.1, 0.15) is 5.03 Å². The quantitative estimate of drug-likeness (QED) is 0.803. The molecule has 4 rings (SSSR count). The fourth-order valence-corrected chi connectivity index (χ4v) is 3.65. The number of nitrogens with zero attached hydrogens (tertiary/aromatic N) is 4. The largest absolute Gasteiger partial charge is 0.326 e. The van der Waals surface area contributed by atoms with Gasteiger partial charge in [0.2, 0.25) is 5.16 Å². The summed E-state index contributed by atoms with van der Waals surface area (Å²) in [4.78, 5) is 4.81. The topological polar surface area (TPSA) is 69.1 Å². The van der Waals surface area contributed by atoms with E-state index in [4.69, 9.17) is 10.7 Å². The monoisotopic (exact) mass is 297 g/mol. The third-order valence-corrected chi connectivity index (χ3v) is 4.79. The zero-order chi connectivity index (χ0) is 14.2. The molecule has 0 aliphatic heterocycles. The molecule has 21 heavy (non-hydrogen) atoms. The normalized spacial score (nSPS) is 13.8. The molecule has 2 N–H and O–H groups in total. The molecule has 0 saturated heterocycles. The van der Waals surface area contributed by atoms with Crippen molar-refractivity contribution < 1.29 is 0 Å². The van der Waals surface area contributed by atoms with Gasteiger partial charge in [0.15, 0.2) is 5.65 Å². The number of aromatic nitrogens is 4. The van der Waals surface area contributed by atoms with E-state index in [9.17, 15) is 0 Å². The number of fused-ring (bicyclic) bond motifs is 2. The smallest absolute Gasteiger partial charge is 0.201 e. The minimum atomic E-state index is 0.499. The molecule has 3 aromatic rings. The van der Waals surface area contributed by atoms with Crippen LogP contribution in [-0.2, 0) is 19.4 Å². The minimum Gasteiger partial charge on any atom is -0.326 e. The van der Waals surface area contributed by atoms with Crippen LogP contribution in [0.5, 0.6) is 0 Å². The van der Waals surface area contributed by atoms with E-state index in [0.717, 1.165) is 34.2 Å². The first-order valence-electron chi connectivity index (χ1n) is 7.04. The summed E-state index contributed by atoms with van der Waals surface area (Å²) >= 11 is 1.54. The number of nitrogens with two attached hydrogens (primary N) is 1. The van der Waals surface area contributed by atoms with Crippen LogP contribution in [0.2, 0.25) is 0 Å². The van der Waals surface area contributed by atoms with Gasteiger partial charge in [-0.3, -0.25) is 4.40 Å². The van der Waals surface area contributed by atoms with Crippen LogP contribution in [0.15, 0.2) is 40.6 Å². The molecule has 1 aliphatic carbocycles. The summed E-state index contributed by atoms with van der Waals surface area (Å²) in [5, 5.41) is 10.2. The van der Waals surface area contributed by atoms with E-state index in [1.807, 2.05) is 28.8 Å². The van der Waals surface area contributed by atoms with E-state index in [2.05, 4.69) is 16.3 Å². The Morgan fingerprint density at radius 1 is 1.24 bits per heavy atom. The third-order valence-electron chi connectivity index (χ3n) is 3.78. The van der Waals surface area contributed by atoms with Crippen LogP contribution in [0.4, 0.5) is 0 Å². The summed E-state index contributed by atoms with van der Waals surface area (Å²) in [7, 11) is 0. The van der Waals surface area contributed by atoms with Crippen molar-refractivity contribution in [3.8, 4) is 0 Å². The first-order valence-corrected chi connectivity index (χ1v) is 7.86. The highest BCUT2D eigenvalue weighted by Gasteiger charge is 2.18. The lowest BCUT2D eigenvalue weighted by Crippen LogP contribution is -2.03. The number of hydrogen-bond donors (Lipinski definition) is 1. The maximum absolute atomic E-state index is 5.89. The number of pyridine rings is 2. The van der Waals surface area contributed by atoms with Crippen LogP contribution >= 0.6 is 11.8 Å². The van der Waals surface area contributed by atoms with Gasteiger partial charge >= 0.3 is 0 Å². The highest BCUT2D eigenvalue weighted by Crippen LogP contribution is 2.31. The highest BCUT2D eigenvalue weighted by atomic mass is 32.2. The van der Waals surface area contributed by atoms with Gasteiger partial charge in [-0.15, -0.1) is 10.2 Å². The van der Waals surface area contributed by atoms with Gasteiger partial charge in [-0.1, -0.05) is 12.1 Å². The fraction of sp³-hybridized carbons (Fsp3) is 0.267. The van der Waals surface area contributed by atoms with Gasteiger partial charge in [0, 0.05) is 18.4 Å². The standard InChI is InChI=1S/C15H15N5S/c16-9-11-8-10-4-3-5-12(10)17-14(11)21-15-19-18-13-6-1-2-7-20(13)15/h1-2,6-8H,3-5,9,16H2. The average molecular weight is 297 g/mol. The molecule has 0 bridgehead atoms. The Morgan fingerprint density at radius 3 is 3.10 bits per heavy atom. The van der Waals surface area contributed by atoms with Crippen LogP contribution < -0.4 is 5.73 Å². The zero-order valence-corrected chi connectivity index (χ0v) is 12.3. The summed E-state index contributed by atoms with van der Waals surface area (Å²) in [5.74, 6) is 0. The van der Waals surface area contributed by atoms with Crippen molar-refractivity contribution in [1.29, 1.82) is 0 Å². The van der Waals surface area contributed by atoms with Crippen LogP contribution in [-0.4, -0.2) is 19.6 Å². The predicted octanol–water partition coefficient (Wildman–Crippen LogP) is 2.22. The van der Waals surface area contributed by atoms with Crippen molar-refractivity contribution in [2.75, 3.05) is 0 Å². The summed E-state index contributed by atoms with van der Waals surface area (Å²) in [5.41, 5.74) is 10.4. The molecule has 6 heteroatoms. The molecule has 106 valence electrons. The second kappa shape index (κ2) is 5.13. The van der Waals surface area contributed by atoms with Crippen molar-refractivity contribution in [1.82, 2.24) is 19.6 Å². The van der Waals surface area contributed by atoms with Crippen molar-refractivity contribution in [2.24, 2.45) is 5.73 Å². The molecule has 5 nitrogen and oxygen atoms in total. The predicted molar refractivity (Wildman–Crippen MR) is 81.3 cm³/mol. The fourth-order valence-electron chi connectivity index (χ4n) is 2.71. The summed E-state index contributed by atoms with van der Waals surface area (Å²) in [6.07, 6.45) is 5.34. The van der Waals surface area contributed by atoms with E-state index in [0.29, 0.717) is 6.54 Å². The molecule has 0 unspecified atom stereocenters. The molecular weight excluding hydrogens is 282 g/mol. The van der Waals surface area contributed by atoms with Gasteiger partial charge in [-0.05, 0) is 54.3 Å². The Morgan fingerprint density at radius 2 is 2.19 bits per heavy atom. The number of aryl methyl sites for hydroxylation is 2. The summed E-state index contributed by atoms with van der Waals surface area (Å²) < 4.78 is 1.97. The van der Waals surface area contributed by atoms with Crippen molar-refractivity contribution in [3.05, 3.63) is 47.3 Å². The Bertz CT molecular complexity index is 811. The van der Waals surface area contributed by atoms with Crippen molar-refractivity contribution in [2.45, 2.75) is 36.0 Å². The van der Waals surface area contributed by atoms with E-state index in [1.54, 1.807) is 0 Å². The molecule has 0 saturated carbocycles. The number of hydrogen-bond acceptors (Lipinski definition) is 5. The second-order valence-electron chi connectivity index (χ2n) is 5.13. The summed E-state index contributed by atoms with van der Waals surface area (Å²) in [6, 6.07) is 8.08. The first-order chi connectivity index (χ1) is 10.3. The molecular formula is C15H15N5S. The molecule has 0 amide bonds. The minimum absolute atomic E-state index is 0.499. The molecule has 0 atom stereocenters. The Hall–Kier alpha value is -1.92. The second-order valence-corrected chi connectivity index (χ2v) is 6.09. The van der Waals surface area contributed by atoms with E-state index < -0.39 is 0 Å². The lowest BCUT2D eigenvalue weighted by Gasteiger charge is -2.08.